The number of pyridine rings is 1. The molecule has 2 aromatic heterocycles. The number of nitrogens with zero attached hydrogens (tertiary/aromatic N) is 3. The van der Waals surface area contributed by atoms with Crippen LogP contribution in [0.5, 0.6) is 0 Å². The lowest BCUT2D eigenvalue weighted by atomic mass is 10.0. The Morgan fingerprint density at radius 2 is 2.14 bits per heavy atom. The van der Waals surface area contributed by atoms with Crippen LogP contribution in [-0.2, 0) is 6.42 Å². The van der Waals surface area contributed by atoms with Crippen molar-refractivity contribution in [3.05, 3.63) is 47.1 Å². The lowest BCUT2D eigenvalue weighted by Gasteiger charge is -2.24. The quantitative estimate of drug-likeness (QED) is 0.871. The van der Waals surface area contributed by atoms with Crippen LogP contribution in [0.3, 0.4) is 0 Å². The van der Waals surface area contributed by atoms with Crippen molar-refractivity contribution in [2.75, 3.05) is 6.54 Å². The Balaban J connectivity index is 1.69. The first-order chi connectivity index (χ1) is 10.7. The molecule has 0 radical (unpaired) electrons. The van der Waals surface area contributed by atoms with Crippen LogP contribution in [0.15, 0.2) is 29.0 Å². The predicted octanol–water partition coefficient (Wildman–Crippen LogP) is 2.92. The SMILES string of the molecule is Cc1noc(C)c1C(=O)N1CCCC1CCc1ccncc1. The molecular weight excluding hydrogens is 278 g/mol. The van der Waals surface area contributed by atoms with E-state index in [9.17, 15) is 4.79 Å². The molecule has 1 atom stereocenters. The zero-order valence-electron chi connectivity index (χ0n) is 13.1. The molecule has 0 aliphatic carbocycles. The van der Waals surface area contributed by atoms with Gasteiger partial charge in [-0.2, -0.15) is 0 Å². The van der Waals surface area contributed by atoms with Gasteiger partial charge in [0.2, 0.25) is 0 Å². The molecule has 5 heteroatoms. The van der Waals surface area contributed by atoms with Crippen molar-refractivity contribution in [1.29, 1.82) is 0 Å². The highest BCUT2D eigenvalue weighted by molar-refractivity contribution is 5.96. The number of likely N-dealkylation sites (tertiary alicyclic amines) is 1. The minimum Gasteiger partial charge on any atom is -0.361 e. The van der Waals surface area contributed by atoms with Crippen LogP contribution in [0.2, 0.25) is 0 Å². The highest BCUT2D eigenvalue weighted by atomic mass is 16.5. The number of carbonyl (C=O) groups excluding carboxylic acids is 1. The Kier molecular flexibility index (Phi) is 4.22. The van der Waals surface area contributed by atoms with E-state index in [-0.39, 0.29) is 5.91 Å². The summed E-state index contributed by atoms with van der Waals surface area (Å²) in [6.07, 6.45) is 7.72. The maximum atomic E-state index is 12.8. The summed E-state index contributed by atoms with van der Waals surface area (Å²) in [6.45, 7) is 4.45. The Labute approximate surface area is 130 Å². The summed E-state index contributed by atoms with van der Waals surface area (Å²) in [5.74, 6) is 0.677. The van der Waals surface area contributed by atoms with E-state index in [1.807, 2.05) is 36.4 Å². The normalized spacial score (nSPS) is 17.9. The van der Waals surface area contributed by atoms with Crippen LogP contribution in [0, 0.1) is 13.8 Å². The third-order valence-corrected chi connectivity index (χ3v) is 4.40. The number of hydrogen-bond donors (Lipinski definition) is 0. The summed E-state index contributed by atoms with van der Waals surface area (Å²) in [5, 5.41) is 3.90. The van der Waals surface area contributed by atoms with Gasteiger partial charge in [0.05, 0.1) is 5.69 Å². The van der Waals surface area contributed by atoms with E-state index in [0.717, 1.165) is 32.2 Å². The minimum atomic E-state index is 0.0634. The molecule has 2 aromatic rings. The van der Waals surface area contributed by atoms with Crippen molar-refractivity contribution in [2.45, 2.75) is 45.6 Å². The second-order valence-electron chi connectivity index (χ2n) is 5.89. The number of aromatic nitrogens is 2. The lowest BCUT2D eigenvalue weighted by Crippen LogP contribution is -2.36. The van der Waals surface area contributed by atoms with Crippen LogP contribution >= 0.6 is 0 Å². The van der Waals surface area contributed by atoms with Gasteiger partial charge < -0.3 is 9.42 Å². The number of hydrogen-bond acceptors (Lipinski definition) is 4. The second-order valence-corrected chi connectivity index (χ2v) is 5.89. The van der Waals surface area contributed by atoms with E-state index in [2.05, 4.69) is 10.1 Å². The van der Waals surface area contributed by atoms with Gasteiger partial charge in [0.15, 0.2) is 0 Å². The highest BCUT2D eigenvalue weighted by Gasteiger charge is 2.32. The monoisotopic (exact) mass is 299 g/mol. The molecule has 22 heavy (non-hydrogen) atoms. The molecular formula is C17H21N3O2. The van der Waals surface area contributed by atoms with Gasteiger partial charge in [0, 0.05) is 25.0 Å². The first-order valence-corrected chi connectivity index (χ1v) is 7.79. The van der Waals surface area contributed by atoms with Gasteiger partial charge >= 0.3 is 0 Å². The van der Waals surface area contributed by atoms with Gasteiger partial charge in [-0.1, -0.05) is 5.16 Å². The largest absolute Gasteiger partial charge is 0.361 e. The molecule has 116 valence electrons. The predicted molar refractivity (Wildman–Crippen MR) is 82.6 cm³/mol. The molecule has 0 bridgehead atoms. The summed E-state index contributed by atoms with van der Waals surface area (Å²) in [5.41, 5.74) is 2.59. The van der Waals surface area contributed by atoms with Crippen molar-refractivity contribution in [1.82, 2.24) is 15.0 Å². The first-order valence-electron chi connectivity index (χ1n) is 7.79. The smallest absolute Gasteiger partial charge is 0.259 e. The fourth-order valence-corrected chi connectivity index (χ4v) is 3.22. The molecule has 1 aliphatic heterocycles. The van der Waals surface area contributed by atoms with Crippen molar-refractivity contribution in [3.8, 4) is 0 Å². The zero-order chi connectivity index (χ0) is 15.5. The number of aryl methyl sites for hydroxylation is 3. The third-order valence-electron chi connectivity index (χ3n) is 4.40. The van der Waals surface area contributed by atoms with Crippen LogP contribution in [0.4, 0.5) is 0 Å². The molecule has 0 aromatic carbocycles. The van der Waals surface area contributed by atoms with E-state index >= 15 is 0 Å². The number of carbonyl (C=O) groups is 1. The summed E-state index contributed by atoms with van der Waals surface area (Å²) in [7, 11) is 0. The van der Waals surface area contributed by atoms with Crippen LogP contribution in [-0.4, -0.2) is 33.5 Å². The molecule has 1 fully saturated rings. The molecule has 3 rings (SSSR count). The topological polar surface area (TPSA) is 59.2 Å². The maximum Gasteiger partial charge on any atom is 0.259 e. The van der Waals surface area contributed by atoms with Gasteiger partial charge in [-0.3, -0.25) is 9.78 Å². The molecule has 0 saturated carbocycles. The van der Waals surface area contributed by atoms with E-state index in [0.29, 0.717) is 23.1 Å². The lowest BCUT2D eigenvalue weighted by molar-refractivity contribution is 0.0728. The van der Waals surface area contributed by atoms with E-state index < -0.39 is 0 Å². The molecule has 1 unspecified atom stereocenters. The molecule has 0 N–H and O–H groups in total. The Bertz CT molecular complexity index is 632. The summed E-state index contributed by atoms with van der Waals surface area (Å²) in [4.78, 5) is 18.8. The third kappa shape index (κ3) is 2.89. The summed E-state index contributed by atoms with van der Waals surface area (Å²) in [6, 6.07) is 4.37. The van der Waals surface area contributed by atoms with Crippen molar-refractivity contribution >= 4 is 5.91 Å². The van der Waals surface area contributed by atoms with Crippen molar-refractivity contribution < 1.29 is 9.32 Å². The summed E-state index contributed by atoms with van der Waals surface area (Å²) < 4.78 is 5.14. The zero-order valence-corrected chi connectivity index (χ0v) is 13.1. The molecule has 0 spiro atoms. The summed E-state index contributed by atoms with van der Waals surface area (Å²) >= 11 is 0. The Morgan fingerprint density at radius 3 is 2.82 bits per heavy atom. The maximum absolute atomic E-state index is 12.8. The Morgan fingerprint density at radius 1 is 1.36 bits per heavy atom. The van der Waals surface area contributed by atoms with Gasteiger partial charge in [-0.15, -0.1) is 0 Å². The molecule has 1 amide bonds. The fraction of sp³-hybridized carbons (Fsp3) is 0.471. The Hall–Kier alpha value is -2.17. The highest BCUT2D eigenvalue weighted by Crippen LogP contribution is 2.26. The molecule has 1 saturated heterocycles. The van der Waals surface area contributed by atoms with Gasteiger partial charge in [-0.05, 0) is 57.2 Å². The van der Waals surface area contributed by atoms with Crippen LogP contribution in [0.25, 0.3) is 0 Å². The minimum absolute atomic E-state index is 0.0634. The van der Waals surface area contributed by atoms with Crippen LogP contribution < -0.4 is 0 Å². The number of rotatable bonds is 4. The molecule has 3 heterocycles. The average Bonchev–Trinajstić information content (AvgIpc) is 3.12. The van der Waals surface area contributed by atoms with Gasteiger partial charge in [0.25, 0.3) is 5.91 Å². The van der Waals surface area contributed by atoms with Gasteiger partial charge in [0.1, 0.15) is 11.3 Å². The standard InChI is InChI=1S/C17H21N3O2/c1-12-16(13(2)22-19-12)17(21)20-11-3-4-15(20)6-5-14-7-9-18-10-8-14/h7-10,15H,3-6,11H2,1-2H3. The van der Waals surface area contributed by atoms with E-state index in [1.54, 1.807) is 6.92 Å². The number of amides is 1. The second kappa shape index (κ2) is 6.30. The average molecular weight is 299 g/mol. The molecule has 5 nitrogen and oxygen atoms in total. The van der Waals surface area contributed by atoms with E-state index in [1.165, 1.54) is 5.56 Å². The van der Waals surface area contributed by atoms with Crippen molar-refractivity contribution in [2.24, 2.45) is 0 Å². The first kappa shape index (κ1) is 14.8. The molecule has 1 aliphatic rings. The van der Waals surface area contributed by atoms with Gasteiger partial charge in [-0.25, -0.2) is 0 Å². The van der Waals surface area contributed by atoms with E-state index in [4.69, 9.17) is 4.52 Å². The van der Waals surface area contributed by atoms with Crippen LogP contribution in [0.1, 0.15) is 46.6 Å². The fourth-order valence-electron chi connectivity index (χ4n) is 3.22. The van der Waals surface area contributed by atoms with Crippen molar-refractivity contribution in [3.63, 3.8) is 0 Å².